The van der Waals surface area contributed by atoms with Crippen LogP contribution in [0.4, 0.5) is 5.69 Å². The summed E-state index contributed by atoms with van der Waals surface area (Å²) in [5.74, 6) is 3.39. The summed E-state index contributed by atoms with van der Waals surface area (Å²) in [6.45, 7) is 9.57. The Morgan fingerprint density at radius 1 is 1.05 bits per heavy atom. The molecule has 1 atom stereocenters. The predicted octanol–water partition coefficient (Wildman–Crippen LogP) is 6.81. The maximum absolute atomic E-state index is 11.3. The minimum Gasteiger partial charge on any atom is -0.493 e. The SMILES string of the molecule is C=Nc1ccc(OC)c(OC(C)C)c1SCN.CCSc1ccc(C(C=O)Oc2ccc(C#N)cc2)cc1. The van der Waals surface area contributed by atoms with Crippen LogP contribution in [0.5, 0.6) is 17.2 Å². The van der Waals surface area contributed by atoms with Crippen LogP contribution < -0.4 is 19.9 Å². The number of carbonyl (C=O) groups excluding carboxylic acids is 1. The number of rotatable bonds is 12. The Kier molecular flexibility index (Phi) is 13.3. The highest BCUT2D eigenvalue weighted by molar-refractivity contribution is 7.99. The third-order valence-electron chi connectivity index (χ3n) is 4.92. The van der Waals surface area contributed by atoms with Gasteiger partial charge < -0.3 is 19.9 Å². The van der Waals surface area contributed by atoms with Crippen molar-refractivity contribution in [1.29, 1.82) is 5.26 Å². The van der Waals surface area contributed by atoms with Crippen LogP contribution in [-0.4, -0.2) is 37.8 Å². The van der Waals surface area contributed by atoms with Crippen LogP contribution in [-0.2, 0) is 4.79 Å². The van der Waals surface area contributed by atoms with E-state index in [1.807, 2.05) is 56.3 Å². The molecule has 0 amide bonds. The molecular weight excluding hydrogens is 518 g/mol. The summed E-state index contributed by atoms with van der Waals surface area (Å²) in [7, 11) is 1.61. The Morgan fingerprint density at radius 2 is 1.74 bits per heavy atom. The van der Waals surface area contributed by atoms with Crippen LogP contribution in [0.3, 0.4) is 0 Å². The average Bonchev–Trinajstić information content (AvgIpc) is 2.93. The molecule has 3 rings (SSSR count). The number of hydrogen-bond acceptors (Lipinski definition) is 9. The van der Waals surface area contributed by atoms with Crippen molar-refractivity contribution in [2.24, 2.45) is 10.7 Å². The third-order valence-corrected chi connectivity index (χ3v) is 6.66. The highest BCUT2D eigenvalue weighted by Gasteiger charge is 2.16. The summed E-state index contributed by atoms with van der Waals surface area (Å²) < 4.78 is 16.7. The number of nitriles is 1. The average molecular weight is 552 g/mol. The second-order valence-electron chi connectivity index (χ2n) is 7.89. The van der Waals surface area contributed by atoms with Gasteiger partial charge in [-0.25, -0.2) is 0 Å². The molecule has 3 aromatic carbocycles. The topological polar surface area (TPSA) is 107 Å². The molecule has 38 heavy (non-hydrogen) atoms. The standard InChI is InChI=1S/C17H15NO2S.C12H18N2O2S/c1-2-21-16-9-5-14(6-10-16)17(12-19)20-15-7-3-13(11-18)4-8-15;1-8(2)16-11-10(15-4)6-5-9(14-3)12(11)17-7-13/h3-10,12,17H,2H2,1H3;5-6,8H,3,7,13H2,1-2,4H3. The van der Waals surface area contributed by atoms with E-state index in [-0.39, 0.29) is 6.10 Å². The van der Waals surface area contributed by atoms with E-state index in [2.05, 4.69) is 18.6 Å². The molecule has 0 spiro atoms. The van der Waals surface area contributed by atoms with Crippen LogP contribution >= 0.6 is 23.5 Å². The van der Waals surface area contributed by atoms with Gasteiger partial charge in [-0.1, -0.05) is 19.1 Å². The number of thioether (sulfide) groups is 2. The highest BCUT2D eigenvalue weighted by Crippen LogP contribution is 2.44. The van der Waals surface area contributed by atoms with Crippen LogP contribution in [0.1, 0.15) is 38.0 Å². The Balaban J connectivity index is 0.000000273. The minimum atomic E-state index is -0.640. The monoisotopic (exact) mass is 551 g/mol. The maximum Gasteiger partial charge on any atom is 0.179 e. The first-order chi connectivity index (χ1) is 18.4. The van der Waals surface area contributed by atoms with Gasteiger partial charge in [-0.3, -0.25) is 9.79 Å². The van der Waals surface area contributed by atoms with Crippen molar-refractivity contribution in [3.63, 3.8) is 0 Å². The van der Waals surface area contributed by atoms with Crippen LogP contribution in [0.25, 0.3) is 0 Å². The molecule has 0 bridgehead atoms. The summed E-state index contributed by atoms with van der Waals surface area (Å²) >= 11 is 3.22. The first kappa shape index (κ1) is 30.8. The summed E-state index contributed by atoms with van der Waals surface area (Å²) in [5, 5.41) is 8.76. The highest BCUT2D eigenvalue weighted by atomic mass is 32.2. The van der Waals surface area contributed by atoms with Crippen LogP contribution in [0.2, 0.25) is 0 Å². The first-order valence-electron chi connectivity index (χ1n) is 11.9. The van der Waals surface area contributed by atoms with E-state index >= 15 is 0 Å². The molecule has 1 unspecified atom stereocenters. The molecule has 0 saturated carbocycles. The molecule has 3 aromatic rings. The van der Waals surface area contributed by atoms with Gasteiger partial charge in [0.15, 0.2) is 23.9 Å². The lowest BCUT2D eigenvalue weighted by atomic mass is 10.1. The molecular formula is C29H33N3O4S2. The minimum absolute atomic E-state index is 0.0566. The number of hydrogen-bond donors (Lipinski definition) is 1. The molecule has 0 saturated heterocycles. The van der Waals surface area contributed by atoms with Gasteiger partial charge in [-0.05, 0) is 80.4 Å². The normalized spacial score (nSPS) is 11.0. The molecule has 0 heterocycles. The summed E-state index contributed by atoms with van der Waals surface area (Å²) in [6.07, 6.45) is 0.194. The van der Waals surface area contributed by atoms with E-state index in [0.717, 1.165) is 28.2 Å². The lowest BCUT2D eigenvalue weighted by Crippen LogP contribution is -2.08. The zero-order valence-electron chi connectivity index (χ0n) is 22.0. The van der Waals surface area contributed by atoms with Gasteiger partial charge in [0.2, 0.25) is 0 Å². The molecule has 0 aromatic heterocycles. The molecule has 200 valence electrons. The van der Waals surface area contributed by atoms with Gasteiger partial charge in [0.05, 0.1) is 35.4 Å². The van der Waals surface area contributed by atoms with E-state index in [0.29, 0.717) is 28.7 Å². The fraction of sp³-hybridized carbons (Fsp3) is 0.276. The third kappa shape index (κ3) is 9.14. The van der Waals surface area contributed by atoms with Gasteiger partial charge >= 0.3 is 0 Å². The Bertz CT molecular complexity index is 1210. The van der Waals surface area contributed by atoms with Gasteiger partial charge in [0.1, 0.15) is 5.75 Å². The number of carbonyl (C=O) groups is 1. The van der Waals surface area contributed by atoms with Crippen molar-refractivity contribution in [3.8, 4) is 23.3 Å². The van der Waals surface area contributed by atoms with Crippen molar-refractivity contribution >= 4 is 42.2 Å². The molecule has 9 heteroatoms. The number of nitrogens with zero attached hydrogens (tertiary/aromatic N) is 2. The van der Waals surface area contributed by atoms with Gasteiger partial charge in [-0.2, -0.15) is 5.26 Å². The van der Waals surface area contributed by atoms with Gasteiger partial charge in [-0.15, -0.1) is 23.5 Å². The van der Waals surface area contributed by atoms with Crippen LogP contribution in [0, 0.1) is 11.3 Å². The molecule has 0 radical (unpaired) electrons. The predicted molar refractivity (Wildman–Crippen MR) is 156 cm³/mol. The van der Waals surface area contributed by atoms with Crippen molar-refractivity contribution in [2.45, 2.75) is 42.8 Å². The Morgan fingerprint density at radius 3 is 2.24 bits per heavy atom. The van der Waals surface area contributed by atoms with E-state index < -0.39 is 6.10 Å². The Labute approximate surface area is 233 Å². The lowest BCUT2D eigenvalue weighted by molar-refractivity contribution is -0.113. The molecule has 0 aliphatic carbocycles. The maximum atomic E-state index is 11.3. The van der Waals surface area contributed by atoms with E-state index in [1.54, 1.807) is 43.1 Å². The van der Waals surface area contributed by atoms with E-state index in [4.69, 9.17) is 25.2 Å². The van der Waals surface area contributed by atoms with Gasteiger partial charge in [0, 0.05) is 10.8 Å². The molecule has 2 N–H and O–H groups in total. The zero-order chi connectivity index (χ0) is 27.9. The summed E-state index contributed by atoms with van der Waals surface area (Å²) in [6, 6.07) is 20.2. The molecule has 0 aliphatic rings. The number of aldehydes is 1. The number of aliphatic imine (C=N–C) groups is 1. The largest absolute Gasteiger partial charge is 0.493 e. The number of nitrogens with two attached hydrogens (primary N) is 1. The second kappa shape index (κ2) is 16.4. The smallest absolute Gasteiger partial charge is 0.179 e. The van der Waals surface area contributed by atoms with E-state index in [9.17, 15) is 4.79 Å². The second-order valence-corrected chi connectivity index (χ2v) is 10.3. The fourth-order valence-corrected chi connectivity index (χ4v) is 4.63. The zero-order valence-corrected chi connectivity index (χ0v) is 23.7. The number of ether oxygens (including phenoxy) is 3. The quantitative estimate of drug-likeness (QED) is 0.113. The Hall–Kier alpha value is -3.45. The van der Waals surface area contributed by atoms with Crippen molar-refractivity contribution in [1.82, 2.24) is 0 Å². The number of benzene rings is 3. The van der Waals surface area contributed by atoms with Crippen LogP contribution in [0.15, 0.2) is 75.4 Å². The summed E-state index contributed by atoms with van der Waals surface area (Å²) in [5.41, 5.74) is 7.72. The van der Waals surface area contributed by atoms with Gasteiger partial charge in [0.25, 0.3) is 0 Å². The summed E-state index contributed by atoms with van der Waals surface area (Å²) in [4.78, 5) is 17.3. The fourth-order valence-electron chi connectivity index (χ4n) is 3.24. The lowest BCUT2D eigenvalue weighted by Gasteiger charge is -2.18. The molecule has 0 aliphatic heterocycles. The number of methoxy groups -OCH3 is 1. The van der Waals surface area contributed by atoms with E-state index in [1.165, 1.54) is 16.7 Å². The van der Waals surface area contributed by atoms with Crippen molar-refractivity contribution in [3.05, 3.63) is 71.8 Å². The van der Waals surface area contributed by atoms with Crippen molar-refractivity contribution < 1.29 is 19.0 Å². The first-order valence-corrected chi connectivity index (χ1v) is 13.9. The molecule has 7 nitrogen and oxygen atoms in total. The van der Waals surface area contributed by atoms with Crippen molar-refractivity contribution in [2.75, 3.05) is 18.7 Å². The molecule has 0 fully saturated rings.